The number of hydrogen-bond acceptors (Lipinski definition) is 2. The molecule has 0 spiro atoms. The Labute approximate surface area is 106 Å². The summed E-state index contributed by atoms with van der Waals surface area (Å²) >= 11 is 0. The molecule has 1 amide bonds. The van der Waals surface area contributed by atoms with Crippen LogP contribution in [0.4, 0.5) is 0 Å². The van der Waals surface area contributed by atoms with E-state index >= 15 is 0 Å². The maximum absolute atomic E-state index is 11.2. The highest BCUT2D eigenvalue weighted by Crippen LogP contribution is 2.49. The van der Waals surface area contributed by atoms with Crippen LogP contribution >= 0.6 is 0 Å². The van der Waals surface area contributed by atoms with Crippen molar-refractivity contribution in [3.63, 3.8) is 0 Å². The van der Waals surface area contributed by atoms with Crippen molar-refractivity contribution in [3.8, 4) is 0 Å². The molecule has 3 rings (SSSR count). The number of benzene rings is 1. The summed E-state index contributed by atoms with van der Waals surface area (Å²) in [4.78, 5) is 11.2. The second-order valence-corrected chi connectivity index (χ2v) is 4.94. The molecule has 18 heavy (non-hydrogen) atoms. The van der Waals surface area contributed by atoms with Crippen molar-refractivity contribution >= 4 is 16.9 Å². The van der Waals surface area contributed by atoms with E-state index < -0.39 is 0 Å². The molecule has 1 aromatic carbocycles. The summed E-state index contributed by atoms with van der Waals surface area (Å²) < 4.78 is 5.42. The summed E-state index contributed by atoms with van der Waals surface area (Å²) in [7, 11) is 0. The van der Waals surface area contributed by atoms with E-state index in [4.69, 9.17) is 4.42 Å². The van der Waals surface area contributed by atoms with Gasteiger partial charge in [0.25, 0.3) is 0 Å². The van der Waals surface area contributed by atoms with Gasteiger partial charge in [-0.15, -0.1) is 0 Å². The van der Waals surface area contributed by atoms with Crippen LogP contribution in [0, 0.1) is 5.92 Å². The van der Waals surface area contributed by atoms with Crippen molar-refractivity contribution in [1.82, 2.24) is 5.32 Å². The van der Waals surface area contributed by atoms with Crippen LogP contribution in [0.15, 0.2) is 34.9 Å². The van der Waals surface area contributed by atoms with Crippen molar-refractivity contribution in [2.45, 2.75) is 25.7 Å². The van der Waals surface area contributed by atoms with Gasteiger partial charge >= 0.3 is 0 Å². The van der Waals surface area contributed by atoms with Gasteiger partial charge in [-0.25, -0.2) is 0 Å². The van der Waals surface area contributed by atoms with E-state index in [1.807, 2.05) is 25.1 Å². The van der Waals surface area contributed by atoms with Crippen LogP contribution in [0.3, 0.4) is 0 Å². The molecule has 1 aromatic heterocycles. The molecule has 3 nitrogen and oxygen atoms in total. The molecular formula is C15H17NO2. The van der Waals surface area contributed by atoms with Crippen LogP contribution < -0.4 is 5.32 Å². The third-order valence-corrected chi connectivity index (χ3v) is 3.73. The lowest BCUT2D eigenvalue weighted by Crippen LogP contribution is -2.24. The van der Waals surface area contributed by atoms with Gasteiger partial charge in [0, 0.05) is 18.4 Å². The smallest absolute Gasteiger partial charge is 0.219 e. The molecule has 3 heteroatoms. The minimum absolute atomic E-state index is 0.141. The average molecular weight is 243 g/mol. The van der Waals surface area contributed by atoms with Crippen molar-refractivity contribution in [2.75, 3.05) is 6.54 Å². The van der Waals surface area contributed by atoms with E-state index in [1.165, 1.54) is 10.9 Å². The van der Waals surface area contributed by atoms with Crippen LogP contribution in [0.2, 0.25) is 0 Å². The van der Waals surface area contributed by atoms with E-state index in [0.29, 0.717) is 18.3 Å². The topological polar surface area (TPSA) is 42.2 Å². The number of fused-ring (bicyclic) bond motifs is 1. The lowest BCUT2D eigenvalue weighted by atomic mass is 10.0. The fourth-order valence-corrected chi connectivity index (χ4v) is 2.56. The number of carbonyl (C=O) groups is 1. The van der Waals surface area contributed by atoms with Gasteiger partial charge in [-0.3, -0.25) is 4.79 Å². The molecule has 0 saturated heterocycles. The lowest BCUT2D eigenvalue weighted by molar-refractivity contribution is -0.120. The Kier molecular flexibility index (Phi) is 2.82. The van der Waals surface area contributed by atoms with Crippen molar-refractivity contribution in [2.24, 2.45) is 5.92 Å². The quantitative estimate of drug-likeness (QED) is 0.896. The average Bonchev–Trinajstić information content (AvgIpc) is 3.00. The second kappa shape index (κ2) is 4.48. The van der Waals surface area contributed by atoms with Crippen molar-refractivity contribution in [1.29, 1.82) is 0 Å². The van der Waals surface area contributed by atoms with Gasteiger partial charge in [-0.05, 0) is 36.0 Å². The summed E-state index contributed by atoms with van der Waals surface area (Å²) in [6, 6.07) is 8.24. The molecule has 0 unspecified atom stereocenters. The Bertz CT molecular complexity index is 573. The largest absolute Gasteiger partial charge is 0.464 e. The van der Waals surface area contributed by atoms with Gasteiger partial charge in [-0.1, -0.05) is 19.1 Å². The molecule has 1 fully saturated rings. The van der Waals surface area contributed by atoms with Gasteiger partial charge in [0.2, 0.25) is 5.91 Å². The predicted octanol–water partition coefficient (Wildman–Crippen LogP) is 3.06. The minimum atomic E-state index is 0.141. The van der Waals surface area contributed by atoms with Gasteiger partial charge in [0.05, 0.1) is 6.26 Å². The predicted molar refractivity (Wildman–Crippen MR) is 70.4 cm³/mol. The highest BCUT2D eigenvalue weighted by Gasteiger charge is 2.39. The zero-order chi connectivity index (χ0) is 12.5. The molecule has 94 valence electrons. The molecule has 1 aliphatic carbocycles. The Balaban J connectivity index is 1.70. The molecule has 1 N–H and O–H groups in total. The zero-order valence-electron chi connectivity index (χ0n) is 10.5. The molecule has 0 radical (unpaired) electrons. The van der Waals surface area contributed by atoms with E-state index in [2.05, 4.69) is 11.4 Å². The standard InChI is InChI=1S/C15H17NO2/c1-2-15(17)16-9-10-8-13(10)11-4-3-5-14-12(11)6-7-18-14/h3-7,10,13H,2,8-9H2,1H3,(H,16,17)/t10-,13+/m0/s1. The summed E-state index contributed by atoms with van der Waals surface area (Å²) in [5.41, 5.74) is 2.31. The number of carbonyl (C=O) groups excluding carboxylic acids is 1. The molecule has 2 aromatic rings. The van der Waals surface area contributed by atoms with Gasteiger partial charge in [0.15, 0.2) is 0 Å². The second-order valence-electron chi connectivity index (χ2n) is 4.94. The SMILES string of the molecule is CCC(=O)NC[C@@H]1C[C@H]1c1cccc2occc12. The van der Waals surface area contributed by atoms with Crippen LogP contribution in [0.25, 0.3) is 11.0 Å². The first kappa shape index (κ1) is 11.3. The number of nitrogens with one attached hydrogen (secondary N) is 1. The highest BCUT2D eigenvalue weighted by atomic mass is 16.3. The Morgan fingerprint density at radius 3 is 3.17 bits per heavy atom. The molecule has 0 bridgehead atoms. The molecular weight excluding hydrogens is 226 g/mol. The minimum Gasteiger partial charge on any atom is -0.464 e. The summed E-state index contributed by atoms with van der Waals surface area (Å²) in [5, 5.41) is 4.19. The van der Waals surface area contributed by atoms with Crippen molar-refractivity contribution < 1.29 is 9.21 Å². The van der Waals surface area contributed by atoms with Crippen LogP contribution in [0.5, 0.6) is 0 Å². The Hall–Kier alpha value is -1.77. The molecule has 1 aliphatic rings. The lowest BCUT2D eigenvalue weighted by Gasteiger charge is -2.04. The van der Waals surface area contributed by atoms with E-state index in [0.717, 1.165) is 18.5 Å². The first-order valence-corrected chi connectivity index (χ1v) is 6.52. The van der Waals surface area contributed by atoms with Crippen molar-refractivity contribution in [3.05, 3.63) is 36.1 Å². The van der Waals surface area contributed by atoms with Gasteiger partial charge in [0.1, 0.15) is 5.58 Å². The monoisotopic (exact) mass is 243 g/mol. The fourth-order valence-electron chi connectivity index (χ4n) is 2.56. The highest BCUT2D eigenvalue weighted by molar-refractivity contribution is 5.82. The number of rotatable bonds is 4. The third-order valence-electron chi connectivity index (χ3n) is 3.73. The summed E-state index contributed by atoms with van der Waals surface area (Å²) in [6.45, 7) is 2.68. The van der Waals surface area contributed by atoms with Crippen LogP contribution in [-0.2, 0) is 4.79 Å². The number of furan rings is 1. The number of hydrogen-bond donors (Lipinski definition) is 1. The third kappa shape index (κ3) is 2.01. The maximum atomic E-state index is 11.2. The first-order valence-electron chi connectivity index (χ1n) is 6.52. The fraction of sp³-hybridized carbons (Fsp3) is 0.400. The van der Waals surface area contributed by atoms with E-state index in [-0.39, 0.29) is 5.91 Å². The molecule has 2 atom stereocenters. The number of amides is 1. The zero-order valence-corrected chi connectivity index (χ0v) is 10.5. The van der Waals surface area contributed by atoms with E-state index in [1.54, 1.807) is 6.26 Å². The first-order chi connectivity index (χ1) is 8.79. The normalized spacial score (nSPS) is 22.1. The Morgan fingerprint density at radius 2 is 2.33 bits per heavy atom. The summed E-state index contributed by atoms with van der Waals surface area (Å²) in [5.74, 6) is 1.30. The van der Waals surface area contributed by atoms with E-state index in [9.17, 15) is 4.79 Å². The van der Waals surface area contributed by atoms with Gasteiger partial charge in [-0.2, -0.15) is 0 Å². The Morgan fingerprint density at radius 1 is 1.44 bits per heavy atom. The molecule has 1 heterocycles. The maximum Gasteiger partial charge on any atom is 0.219 e. The molecule has 1 saturated carbocycles. The van der Waals surface area contributed by atoms with Crippen LogP contribution in [0.1, 0.15) is 31.2 Å². The molecule has 0 aliphatic heterocycles. The van der Waals surface area contributed by atoms with Crippen LogP contribution in [-0.4, -0.2) is 12.5 Å². The summed E-state index contributed by atoms with van der Waals surface area (Å²) in [6.07, 6.45) is 3.47. The van der Waals surface area contributed by atoms with Gasteiger partial charge < -0.3 is 9.73 Å².